The van der Waals surface area contributed by atoms with E-state index in [-0.39, 0.29) is 5.91 Å². The van der Waals surface area contributed by atoms with Crippen LogP contribution in [0.15, 0.2) is 54.6 Å². The summed E-state index contributed by atoms with van der Waals surface area (Å²) >= 11 is 0. The van der Waals surface area contributed by atoms with E-state index in [1.165, 1.54) is 0 Å². The molecule has 0 aliphatic rings. The second-order valence-corrected chi connectivity index (χ2v) is 4.86. The summed E-state index contributed by atoms with van der Waals surface area (Å²) in [5.41, 5.74) is 2.39. The molecule has 1 amide bonds. The van der Waals surface area contributed by atoms with Crippen LogP contribution >= 0.6 is 0 Å². The summed E-state index contributed by atoms with van der Waals surface area (Å²) in [6, 6.07) is 17.0. The van der Waals surface area contributed by atoms with E-state index in [1.807, 2.05) is 49.4 Å². The molecule has 0 spiro atoms. The van der Waals surface area contributed by atoms with Crippen molar-refractivity contribution in [1.29, 1.82) is 0 Å². The van der Waals surface area contributed by atoms with Gasteiger partial charge in [-0.25, -0.2) is 0 Å². The number of aryl methyl sites for hydroxylation is 1. The average molecular weight is 293 g/mol. The van der Waals surface area contributed by atoms with Crippen LogP contribution in [-0.4, -0.2) is 26.1 Å². The number of carbonyl (C=O) groups is 1. The molecule has 0 aliphatic heterocycles. The highest BCUT2D eigenvalue weighted by Gasteiger charge is 2.09. The van der Waals surface area contributed by atoms with E-state index in [0.717, 1.165) is 11.3 Å². The Morgan fingerprint density at radius 1 is 1.14 bits per heavy atom. The number of benzene rings is 2. The van der Waals surface area contributed by atoms with E-state index in [1.54, 1.807) is 16.8 Å². The van der Waals surface area contributed by atoms with Gasteiger partial charge in [-0.05, 0) is 41.1 Å². The fourth-order valence-electron chi connectivity index (χ4n) is 2.13. The molecule has 0 radical (unpaired) electrons. The number of amides is 1. The molecule has 110 valence electrons. The van der Waals surface area contributed by atoms with Gasteiger partial charge in [-0.1, -0.05) is 36.4 Å². The minimum absolute atomic E-state index is 0.128. The van der Waals surface area contributed by atoms with Crippen LogP contribution in [0.1, 0.15) is 21.7 Å². The van der Waals surface area contributed by atoms with E-state index in [0.29, 0.717) is 17.9 Å². The van der Waals surface area contributed by atoms with Crippen LogP contribution in [0.4, 0.5) is 0 Å². The molecule has 6 nitrogen and oxygen atoms in total. The molecule has 22 heavy (non-hydrogen) atoms. The molecule has 3 aromatic rings. The molecular weight excluding hydrogens is 278 g/mol. The highest BCUT2D eigenvalue weighted by atomic mass is 16.1. The van der Waals surface area contributed by atoms with Gasteiger partial charge in [0, 0.05) is 12.1 Å². The predicted molar refractivity (Wildman–Crippen MR) is 81.5 cm³/mol. The van der Waals surface area contributed by atoms with Crippen molar-refractivity contribution in [3.8, 4) is 5.69 Å². The molecule has 0 unspecified atom stereocenters. The van der Waals surface area contributed by atoms with Crippen LogP contribution in [0.5, 0.6) is 0 Å². The number of tetrazole rings is 1. The zero-order valence-corrected chi connectivity index (χ0v) is 12.1. The van der Waals surface area contributed by atoms with Crippen LogP contribution in [0, 0.1) is 6.92 Å². The lowest BCUT2D eigenvalue weighted by atomic mass is 10.1. The lowest BCUT2D eigenvalue weighted by Crippen LogP contribution is -2.22. The van der Waals surface area contributed by atoms with Gasteiger partial charge in [-0.15, -0.1) is 5.10 Å². The quantitative estimate of drug-likeness (QED) is 0.797. The van der Waals surface area contributed by atoms with E-state index in [2.05, 4.69) is 20.8 Å². The molecule has 0 saturated carbocycles. The molecule has 1 aromatic heterocycles. The summed E-state index contributed by atoms with van der Waals surface area (Å²) in [6.07, 6.45) is 0. The topological polar surface area (TPSA) is 72.7 Å². The summed E-state index contributed by atoms with van der Waals surface area (Å²) < 4.78 is 1.59. The minimum Gasteiger partial charge on any atom is -0.348 e. The fraction of sp³-hybridized carbons (Fsp3) is 0.125. The van der Waals surface area contributed by atoms with Gasteiger partial charge >= 0.3 is 0 Å². The summed E-state index contributed by atoms with van der Waals surface area (Å²) in [6.45, 7) is 2.30. The van der Waals surface area contributed by atoms with E-state index in [4.69, 9.17) is 0 Å². The summed E-state index contributed by atoms with van der Waals surface area (Å²) in [7, 11) is 0. The highest BCUT2D eigenvalue weighted by Crippen LogP contribution is 2.11. The van der Waals surface area contributed by atoms with E-state index < -0.39 is 0 Å². The number of hydrogen-bond acceptors (Lipinski definition) is 4. The van der Waals surface area contributed by atoms with Gasteiger partial charge in [-0.2, -0.15) is 4.68 Å². The van der Waals surface area contributed by atoms with Gasteiger partial charge in [0.1, 0.15) is 0 Å². The highest BCUT2D eigenvalue weighted by molar-refractivity contribution is 5.94. The van der Waals surface area contributed by atoms with Crippen LogP contribution in [0.25, 0.3) is 5.69 Å². The monoisotopic (exact) mass is 293 g/mol. The summed E-state index contributed by atoms with van der Waals surface area (Å²) in [5, 5.41) is 14.3. The van der Waals surface area contributed by atoms with Crippen molar-refractivity contribution < 1.29 is 4.79 Å². The third-order valence-electron chi connectivity index (χ3n) is 3.27. The first-order chi connectivity index (χ1) is 10.7. The van der Waals surface area contributed by atoms with Crippen LogP contribution in [0.3, 0.4) is 0 Å². The van der Waals surface area contributed by atoms with Crippen molar-refractivity contribution in [2.75, 3.05) is 0 Å². The van der Waals surface area contributed by atoms with Crippen molar-refractivity contribution in [1.82, 2.24) is 25.5 Å². The number of rotatable bonds is 4. The number of nitrogens with one attached hydrogen (secondary N) is 1. The zero-order chi connectivity index (χ0) is 15.4. The summed E-state index contributed by atoms with van der Waals surface area (Å²) in [4.78, 5) is 12.3. The molecule has 1 N–H and O–H groups in total. The second-order valence-electron chi connectivity index (χ2n) is 4.86. The molecule has 0 fully saturated rings. The normalized spacial score (nSPS) is 10.4. The predicted octanol–water partition coefficient (Wildman–Crippen LogP) is 1.90. The Labute approximate surface area is 127 Å². The Bertz CT molecular complexity index is 782. The van der Waals surface area contributed by atoms with Gasteiger partial charge in [0.25, 0.3) is 5.91 Å². The first-order valence-electron chi connectivity index (χ1n) is 6.91. The second kappa shape index (κ2) is 6.17. The third kappa shape index (κ3) is 3.01. The zero-order valence-electron chi connectivity index (χ0n) is 12.1. The molecule has 3 rings (SSSR count). The first kappa shape index (κ1) is 13.9. The molecule has 2 aromatic carbocycles. The lowest BCUT2D eigenvalue weighted by Gasteiger charge is -2.07. The molecular formula is C16H15N5O. The van der Waals surface area contributed by atoms with Crippen molar-refractivity contribution in [2.24, 2.45) is 0 Å². The molecule has 0 aliphatic carbocycles. The molecule has 6 heteroatoms. The van der Waals surface area contributed by atoms with Gasteiger partial charge in [0.05, 0.1) is 5.69 Å². The Morgan fingerprint density at radius 3 is 2.68 bits per heavy atom. The van der Waals surface area contributed by atoms with Crippen LogP contribution < -0.4 is 5.32 Å². The minimum atomic E-state index is -0.128. The largest absolute Gasteiger partial charge is 0.348 e. The Morgan fingerprint density at radius 2 is 1.95 bits per heavy atom. The Kier molecular flexibility index (Phi) is 3.91. The number of nitrogens with zero attached hydrogens (tertiary/aromatic N) is 4. The molecule has 0 bridgehead atoms. The lowest BCUT2D eigenvalue weighted by molar-refractivity contribution is 0.0951. The molecule has 0 atom stereocenters. The van der Waals surface area contributed by atoms with Crippen molar-refractivity contribution in [3.63, 3.8) is 0 Å². The Balaban J connectivity index is 1.75. The van der Waals surface area contributed by atoms with Gasteiger partial charge in [-0.3, -0.25) is 4.79 Å². The number of carbonyl (C=O) groups excluding carboxylic acids is 1. The van der Waals surface area contributed by atoms with Gasteiger partial charge in [0.2, 0.25) is 0 Å². The first-order valence-corrected chi connectivity index (χ1v) is 6.91. The van der Waals surface area contributed by atoms with Gasteiger partial charge in [0.15, 0.2) is 5.82 Å². The van der Waals surface area contributed by atoms with Crippen LogP contribution in [0.2, 0.25) is 0 Å². The average Bonchev–Trinajstić information content (AvgIpc) is 3.00. The van der Waals surface area contributed by atoms with Crippen molar-refractivity contribution in [2.45, 2.75) is 13.5 Å². The summed E-state index contributed by atoms with van der Waals surface area (Å²) in [5.74, 6) is 0.540. The smallest absolute Gasteiger partial charge is 0.251 e. The maximum Gasteiger partial charge on any atom is 0.251 e. The maximum absolute atomic E-state index is 12.3. The van der Waals surface area contributed by atoms with E-state index in [9.17, 15) is 4.79 Å². The Hall–Kier alpha value is -3.02. The number of hydrogen-bond donors (Lipinski definition) is 1. The SMILES string of the molecule is Cc1nnnn1-c1cccc(C(=O)NCc2ccccc2)c1. The third-order valence-corrected chi connectivity index (χ3v) is 3.27. The van der Waals surface area contributed by atoms with Crippen molar-refractivity contribution >= 4 is 5.91 Å². The standard InChI is InChI=1S/C16H15N5O/c1-12-18-19-20-21(12)15-9-5-8-14(10-15)16(22)17-11-13-6-3-2-4-7-13/h2-10H,11H2,1H3,(H,17,22). The molecule has 1 heterocycles. The fourth-order valence-corrected chi connectivity index (χ4v) is 2.13. The van der Waals surface area contributed by atoms with Gasteiger partial charge < -0.3 is 5.32 Å². The molecule has 0 saturated heterocycles. The van der Waals surface area contributed by atoms with E-state index >= 15 is 0 Å². The van der Waals surface area contributed by atoms with Crippen LogP contribution in [-0.2, 0) is 6.54 Å². The maximum atomic E-state index is 12.3. The number of aromatic nitrogens is 4. The van der Waals surface area contributed by atoms with Crippen molar-refractivity contribution in [3.05, 3.63) is 71.5 Å².